The zero-order chi connectivity index (χ0) is 21.1. The average Bonchev–Trinajstić information content (AvgIpc) is 2.64. The second-order valence-electron chi connectivity index (χ2n) is 6.81. The van der Waals surface area contributed by atoms with E-state index in [2.05, 4.69) is 11.9 Å². The highest BCUT2D eigenvalue weighted by atomic mass is 16.5. The summed E-state index contributed by atoms with van der Waals surface area (Å²) in [4.78, 5) is 36.8. The number of hydrogen-bond donors (Lipinski definition) is 1. The van der Waals surface area contributed by atoms with Gasteiger partial charge in [-0.25, -0.2) is 9.59 Å². The van der Waals surface area contributed by atoms with Crippen molar-refractivity contribution >= 4 is 22.8 Å². The molecule has 1 N–H and O–H groups in total. The molecule has 0 spiro atoms. The Labute approximate surface area is 167 Å². The number of carbonyl (C=O) groups is 2. The van der Waals surface area contributed by atoms with E-state index < -0.39 is 17.5 Å². The van der Waals surface area contributed by atoms with Gasteiger partial charge in [0.1, 0.15) is 16.9 Å². The van der Waals surface area contributed by atoms with Crippen molar-refractivity contribution in [2.45, 2.75) is 20.8 Å². The number of amides is 1. The molecule has 148 valence electrons. The van der Waals surface area contributed by atoms with Gasteiger partial charge in [0, 0.05) is 18.0 Å². The summed E-state index contributed by atoms with van der Waals surface area (Å²) in [7, 11) is 0. The van der Waals surface area contributed by atoms with Crippen LogP contribution in [0, 0.1) is 20.8 Å². The lowest BCUT2D eigenvalue weighted by Gasteiger charge is -2.11. The van der Waals surface area contributed by atoms with Crippen LogP contribution in [0.4, 0.5) is 0 Å². The maximum atomic E-state index is 12.6. The van der Waals surface area contributed by atoms with E-state index >= 15 is 0 Å². The molecule has 1 amide bonds. The molecule has 0 aliphatic heterocycles. The van der Waals surface area contributed by atoms with Gasteiger partial charge >= 0.3 is 11.6 Å². The van der Waals surface area contributed by atoms with E-state index in [1.807, 2.05) is 32.9 Å². The highest BCUT2D eigenvalue weighted by molar-refractivity contribution is 5.97. The molecular weight excluding hydrogens is 370 g/mol. The fourth-order valence-electron chi connectivity index (χ4n) is 3.23. The third kappa shape index (κ3) is 4.27. The number of fused-ring (bicyclic) bond motifs is 1. The normalized spacial score (nSPS) is 10.6. The first kappa shape index (κ1) is 20.1. The number of carbonyl (C=O) groups excluding carboxylic acids is 2. The Morgan fingerprint density at radius 3 is 2.45 bits per heavy atom. The molecular formula is C23H21NO5. The molecule has 0 saturated carbocycles. The van der Waals surface area contributed by atoms with Crippen molar-refractivity contribution in [3.8, 4) is 5.75 Å². The summed E-state index contributed by atoms with van der Waals surface area (Å²) in [5.74, 6) is -0.780. The zero-order valence-corrected chi connectivity index (χ0v) is 16.5. The summed E-state index contributed by atoms with van der Waals surface area (Å²) in [6, 6.07) is 9.95. The van der Waals surface area contributed by atoms with Crippen LogP contribution in [-0.4, -0.2) is 18.4 Å². The first-order chi connectivity index (χ1) is 13.8. The van der Waals surface area contributed by atoms with E-state index in [0.717, 1.165) is 16.7 Å². The van der Waals surface area contributed by atoms with Gasteiger partial charge in [-0.1, -0.05) is 23.8 Å². The molecule has 29 heavy (non-hydrogen) atoms. The molecule has 0 fully saturated rings. The maximum absolute atomic E-state index is 12.6. The van der Waals surface area contributed by atoms with Crippen LogP contribution in [0.5, 0.6) is 5.75 Å². The van der Waals surface area contributed by atoms with E-state index in [4.69, 9.17) is 9.15 Å². The van der Waals surface area contributed by atoms with E-state index in [9.17, 15) is 14.4 Å². The minimum absolute atomic E-state index is 0.102. The van der Waals surface area contributed by atoms with Crippen LogP contribution in [0.1, 0.15) is 37.4 Å². The SMILES string of the molecule is C=CCNC(=O)c1cc2ccc(OC(=O)c3c(C)cc(C)cc3C)cc2oc1=O. The van der Waals surface area contributed by atoms with Crippen molar-refractivity contribution in [2.75, 3.05) is 6.54 Å². The van der Waals surface area contributed by atoms with Crippen LogP contribution in [0.15, 0.2) is 58.3 Å². The monoisotopic (exact) mass is 391 g/mol. The van der Waals surface area contributed by atoms with Crippen LogP contribution >= 0.6 is 0 Å². The number of rotatable bonds is 5. The summed E-state index contributed by atoms with van der Waals surface area (Å²) in [6.07, 6.45) is 1.51. The van der Waals surface area contributed by atoms with Crippen LogP contribution in [0.25, 0.3) is 11.0 Å². The lowest BCUT2D eigenvalue weighted by molar-refractivity contribution is 0.0733. The molecule has 0 radical (unpaired) electrons. The van der Waals surface area contributed by atoms with Crippen molar-refractivity contribution in [3.05, 3.63) is 87.3 Å². The summed E-state index contributed by atoms with van der Waals surface area (Å²) in [5, 5.41) is 3.08. The highest BCUT2D eigenvalue weighted by Gasteiger charge is 2.17. The Morgan fingerprint density at radius 2 is 1.79 bits per heavy atom. The molecule has 6 heteroatoms. The van der Waals surface area contributed by atoms with Crippen molar-refractivity contribution in [3.63, 3.8) is 0 Å². The summed E-state index contributed by atoms with van der Waals surface area (Å²) < 4.78 is 10.7. The number of hydrogen-bond acceptors (Lipinski definition) is 5. The molecule has 3 rings (SSSR count). The maximum Gasteiger partial charge on any atom is 0.349 e. The van der Waals surface area contributed by atoms with Gasteiger partial charge in [-0.3, -0.25) is 4.79 Å². The summed E-state index contributed by atoms with van der Waals surface area (Å²) in [6.45, 7) is 9.43. The van der Waals surface area contributed by atoms with Gasteiger partial charge in [-0.15, -0.1) is 6.58 Å². The molecule has 1 aromatic heterocycles. The molecule has 0 aliphatic rings. The Morgan fingerprint density at radius 1 is 1.10 bits per heavy atom. The molecule has 3 aromatic rings. The first-order valence-corrected chi connectivity index (χ1v) is 9.07. The van der Waals surface area contributed by atoms with Crippen molar-refractivity contribution in [2.24, 2.45) is 0 Å². The predicted molar refractivity (Wildman–Crippen MR) is 111 cm³/mol. The number of ether oxygens (including phenoxy) is 1. The lowest BCUT2D eigenvalue weighted by Crippen LogP contribution is -2.28. The quantitative estimate of drug-likeness (QED) is 0.309. The first-order valence-electron chi connectivity index (χ1n) is 9.07. The van der Waals surface area contributed by atoms with Crippen LogP contribution in [-0.2, 0) is 0 Å². The molecule has 2 aromatic carbocycles. The van der Waals surface area contributed by atoms with Crippen LogP contribution in [0.2, 0.25) is 0 Å². The van der Waals surface area contributed by atoms with Gasteiger partial charge in [0.15, 0.2) is 0 Å². The predicted octanol–water partition coefficient (Wildman–Crippen LogP) is 3.85. The molecule has 0 bridgehead atoms. The fourth-order valence-corrected chi connectivity index (χ4v) is 3.23. The third-order valence-electron chi connectivity index (χ3n) is 4.45. The van der Waals surface area contributed by atoms with Gasteiger partial charge in [-0.2, -0.15) is 0 Å². The lowest BCUT2D eigenvalue weighted by atomic mass is 10.00. The molecule has 0 unspecified atom stereocenters. The number of aryl methyl sites for hydroxylation is 3. The molecule has 0 aliphatic carbocycles. The van der Waals surface area contributed by atoms with E-state index in [-0.39, 0.29) is 23.4 Å². The Balaban J connectivity index is 1.90. The van der Waals surface area contributed by atoms with Gasteiger partial charge < -0.3 is 14.5 Å². The second-order valence-corrected chi connectivity index (χ2v) is 6.81. The number of nitrogens with one attached hydrogen (secondary N) is 1. The molecule has 1 heterocycles. The van der Waals surface area contributed by atoms with E-state index in [1.54, 1.807) is 12.1 Å². The number of benzene rings is 2. The number of esters is 1. The van der Waals surface area contributed by atoms with Crippen molar-refractivity contribution in [1.29, 1.82) is 0 Å². The van der Waals surface area contributed by atoms with Crippen molar-refractivity contribution in [1.82, 2.24) is 5.32 Å². The van der Waals surface area contributed by atoms with Crippen LogP contribution < -0.4 is 15.7 Å². The molecule has 0 saturated heterocycles. The second kappa shape index (κ2) is 8.14. The fraction of sp³-hybridized carbons (Fsp3) is 0.174. The smallest absolute Gasteiger partial charge is 0.349 e. The van der Waals surface area contributed by atoms with Gasteiger partial charge in [0.2, 0.25) is 0 Å². The Kier molecular flexibility index (Phi) is 5.64. The third-order valence-corrected chi connectivity index (χ3v) is 4.45. The standard InChI is InChI=1S/C23H21NO5/c1-5-8-24-21(25)18-11-16-6-7-17(12-19(16)29-22(18)26)28-23(27)20-14(3)9-13(2)10-15(20)4/h5-7,9-12H,1,8H2,2-4H3,(H,24,25). The van der Waals surface area contributed by atoms with Crippen LogP contribution in [0.3, 0.4) is 0 Å². The zero-order valence-electron chi connectivity index (χ0n) is 16.5. The van der Waals surface area contributed by atoms with Gasteiger partial charge in [-0.05, 0) is 50.1 Å². The molecule has 0 atom stereocenters. The average molecular weight is 391 g/mol. The van der Waals surface area contributed by atoms with Gasteiger partial charge in [0.25, 0.3) is 5.91 Å². The highest BCUT2D eigenvalue weighted by Crippen LogP contribution is 2.23. The van der Waals surface area contributed by atoms with Crippen molar-refractivity contribution < 1.29 is 18.7 Å². The summed E-state index contributed by atoms with van der Waals surface area (Å²) in [5.41, 5.74) is 2.58. The minimum Gasteiger partial charge on any atom is -0.423 e. The van der Waals surface area contributed by atoms with E-state index in [1.165, 1.54) is 18.2 Å². The topological polar surface area (TPSA) is 85.6 Å². The Hall–Kier alpha value is -3.67. The Bertz CT molecular complexity index is 1170. The van der Waals surface area contributed by atoms with Gasteiger partial charge in [0.05, 0.1) is 5.56 Å². The summed E-state index contributed by atoms with van der Waals surface area (Å²) >= 11 is 0. The van der Waals surface area contributed by atoms with E-state index in [0.29, 0.717) is 10.9 Å². The minimum atomic E-state index is -0.771. The largest absolute Gasteiger partial charge is 0.423 e. The molecule has 6 nitrogen and oxygen atoms in total.